The van der Waals surface area contributed by atoms with Gasteiger partial charge in [-0.3, -0.25) is 15.2 Å². The van der Waals surface area contributed by atoms with Crippen LogP contribution in [0.25, 0.3) is 0 Å². The molecule has 5 N–H and O–H groups in total. The summed E-state index contributed by atoms with van der Waals surface area (Å²) in [7, 11) is 0. The normalized spacial score (nSPS) is 22.9. The van der Waals surface area contributed by atoms with E-state index >= 15 is 0 Å². The summed E-state index contributed by atoms with van der Waals surface area (Å²) in [5.74, 6) is 2.21. The van der Waals surface area contributed by atoms with Crippen molar-refractivity contribution in [2.24, 2.45) is 17.6 Å². The summed E-state index contributed by atoms with van der Waals surface area (Å²) in [5.41, 5.74) is 6.48. The highest BCUT2D eigenvalue weighted by atomic mass is 15.2. The average molecular weight is 663 g/mol. The first-order valence-electron chi connectivity index (χ1n) is 20.0. The van der Waals surface area contributed by atoms with Gasteiger partial charge in [-0.05, 0) is 133 Å². The van der Waals surface area contributed by atoms with Gasteiger partial charge in [0.1, 0.15) is 5.84 Å². The zero-order chi connectivity index (χ0) is 36.1. The Labute approximate surface area is 295 Å². The van der Waals surface area contributed by atoms with Crippen LogP contribution in [0, 0.1) is 17.2 Å². The molecule has 0 aromatic carbocycles. The number of nitrogens with zero attached hydrogens (tertiary/aromatic N) is 2. The minimum Gasteiger partial charge on any atom is -0.387 e. The molecule has 1 saturated carbocycles. The molecule has 2 saturated heterocycles. The molecule has 0 aromatic heterocycles. The molecule has 0 atom stereocenters. The first kappa shape index (κ1) is 44.3. The van der Waals surface area contributed by atoms with E-state index in [9.17, 15) is 0 Å². The number of unbranched alkanes of at least 4 members (excludes halogenated alkanes) is 3. The molecular formula is C41H86N6. The van der Waals surface area contributed by atoms with E-state index in [4.69, 9.17) is 11.1 Å². The van der Waals surface area contributed by atoms with Crippen molar-refractivity contribution in [3.05, 3.63) is 0 Å². The van der Waals surface area contributed by atoms with Gasteiger partial charge in [-0.25, -0.2) is 0 Å². The van der Waals surface area contributed by atoms with Gasteiger partial charge in [-0.1, -0.05) is 79.1 Å². The lowest BCUT2D eigenvalue weighted by Gasteiger charge is -2.50. The maximum Gasteiger partial charge on any atom is 0.105 e. The summed E-state index contributed by atoms with van der Waals surface area (Å²) in [4.78, 5) is 5.26. The largest absolute Gasteiger partial charge is 0.387 e. The lowest BCUT2D eigenvalue weighted by molar-refractivity contribution is 0.0464. The van der Waals surface area contributed by atoms with Crippen LogP contribution in [0.1, 0.15) is 187 Å². The molecule has 3 rings (SSSR count). The van der Waals surface area contributed by atoms with Gasteiger partial charge in [0.2, 0.25) is 0 Å². The zero-order valence-corrected chi connectivity index (χ0v) is 34.4. The summed E-state index contributed by atoms with van der Waals surface area (Å²) in [6, 6.07) is 1.72. The second-order valence-electron chi connectivity index (χ2n) is 19.3. The highest BCUT2D eigenvalue weighted by Gasteiger charge is 2.41. The van der Waals surface area contributed by atoms with Gasteiger partial charge in [-0.2, -0.15) is 0 Å². The number of piperidine rings is 2. The van der Waals surface area contributed by atoms with Gasteiger partial charge in [0.05, 0.1) is 6.54 Å². The monoisotopic (exact) mass is 663 g/mol. The van der Waals surface area contributed by atoms with Crippen LogP contribution < -0.4 is 16.4 Å². The van der Waals surface area contributed by atoms with E-state index in [0.717, 1.165) is 31.2 Å². The van der Waals surface area contributed by atoms with Crippen molar-refractivity contribution in [2.75, 3.05) is 19.6 Å². The van der Waals surface area contributed by atoms with Gasteiger partial charge in [-0.15, -0.1) is 0 Å². The first-order valence-corrected chi connectivity index (χ1v) is 20.0. The maximum absolute atomic E-state index is 7.94. The van der Waals surface area contributed by atoms with Gasteiger partial charge in [0.25, 0.3) is 0 Å². The second-order valence-corrected chi connectivity index (χ2v) is 19.3. The molecule has 0 aromatic rings. The fourth-order valence-electron chi connectivity index (χ4n) is 9.06. The lowest BCUT2D eigenvalue weighted by Crippen LogP contribution is -2.63. The van der Waals surface area contributed by atoms with Gasteiger partial charge in [0, 0.05) is 40.3 Å². The highest BCUT2D eigenvalue weighted by Crippen LogP contribution is 2.34. The molecule has 2 aliphatic heterocycles. The number of nitrogens with two attached hydrogens (primary N) is 1. The molecule has 3 fully saturated rings. The van der Waals surface area contributed by atoms with Crippen LogP contribution in [0.5, 0.6) is 0 Å². The molecule has 0 bridgehead atoms. The molecule has 0 amide bonds. The fourth-order valence-corrected chi connectivity index (χ4v) is 9.06. The Morgan fingerprint density at radius 1 is 0.681 bits per heavy atom. The van der Waals surface area contributed by atoms with Crippen molar-refractivity contribution in [2.45, 2.75) is 227 Å². The minimum absolute atomic E-state index is 0.111. The van der Waals surface area contributed by atoms with Crippen LogP contribution in [0.15, 0.2) is 0 Å². The molecule has 6 heteroatoms. The van der Waals surface area contributed by atoms with E-state index in [1.54, 1.807) is 0 Å². The zero-order valence-electron chi connectivity index (χ0n) is 34.4. The number of nitrogens with one attached hydrogen (secondary N) is 3. The topological polar surface area (TPSA) is 80.4 Å². The molecule has 280 valence electrons. The van der Waals surface area contributed by atoms with Gasteiger partial charge >= 0.3 is 0 Å². The van der Waals surface area contributed by atoms with Crippen molar-refractivity contribution in [3.63, 3.8) is 0 Å². The molecule has 3 aliphatic rings. The Morgan fingerprint density at radius 3 is 1.45 bits per heavy atom. The molecule has 0 spiro atoms. The average Bonchev–Trinajstić information content (AvgIpc) is 2.88. The van der Waals surface area contributed by atoms with E-state index in [-0.39, 0.29) is 22.2 Å². The summed E-state index contributed by atoms with van der Waals surface area (Å²) < 4.78 is 0. The fraction of sp³-hybridized carbons (Fsp3) is 0.976. The van der Waals surface area contributed by atoms with Crippen LogP contribution in [0.3, 0.4) is 0 Å². The third-order valence-corrected chi connectivity index (χ3v) is 10.3. The van der Waals surface area contributed by atoms with Crippen molar-refractivity contribution in [1.29, 1.82) is 5.41 Å². The maximum atomic E-state index is 7.94. The Kier molecular flexibility index (Phi) is 19.1. The Bertz CT molecular complexity index is 819. The highest BCUT2D eigenvalue weighted by molar-refractivity contribution is 5.79. The van der Waals surface area contributed by atoms with Crippen molar-refractivity contribution in [1.82, 2.24) is 20.4 Å². The molecular weight excluding hydrogens is 576 g/mol. The Hall–Kier alpha value is -0.690. The lowest BCUT2D eigenvalue weighted by atomic mass is 9.78. The van der Waals surface area contributed by atoms with E-state index < -0.39 is 0 Å². The van der Waals surface area contributed by atoms with E-state index in [1.807, 2.05) is 0 Å². The molecule has 0 radical (unpaired) electrons. The molecule has 6 nitrogen and oxygen atoms in total. The van der Waals surface area contributed by atoms with Crippen LogP contribution in [0.2, 0.25) is 0 Å². The van der Waals surface area contributed by atoms with Gasteiger partial charge in [0.15, 0.2) is 0 Å². The van der Waals surface area contributed by atoms with Crippen molar-refractivity contribution < 1.29 is 0 Å². The van der Waals surface area contributed by atoms with Crippen LogP contribution in [0.4, 0.5) is 0 Å². The summed E-state index contributed by atoms with van der Waals surface area (Å²) in [5, 5.41) is 15.6. The smallest absolute Gasteiger partial charge is 0.105 e. The Balaban J connectivity index is 0.000000770. The second kappa shape index (κ2) is 20.2. The van der Waals surface area contributed by atoms with Crippen LogP contribution in [-0.4, -0.2) is 75.6 Å². The SMILES string of the molecule is CC(C)C.CC(C)N(CCCCCCN(CC(=N)N)C1CC(C)(C)NC(C)(C)C1)C1CC(C)(C)NC(C)(C)C1.CCC1CCCCC1. The van der Waals surface area contributed by atoms with E-state index in [2.05, 4.69) is 117 Å². The molecule has 1 aliphatic carbocycles. The van der Waals surface area contributed by atoms with E-state index in [0.29, 0.717) is 30.5 Å². The summed E-state index contributed by atoms with van der Waals surface area (Å²) >= 11 is 0. The number of hydrogen-bond acceptors (Lipinski definition) is 5. The van der Waals surface area contributed by atoms with Gasteiger partial charge < -0.3 is 16.4 Å². The van der Waals surface area contributed by atoms with Crippen LogP contribution >= 0.6 is 0 Å². The quantitative estimate of drug-likeness (QED) is 0.0897. The Morgan fingerprint density at radius 2 is 1.09 bits per heavy atom. The number of hydrogen-bond donors (Lipinski definition) is 4. The third kappa shape index (κ3) is 19.3. The molecule has 47 heavy (non-hydrogen) atoms. The molecule has 2 heterocycles. The summed E-state index contributed by atoms with van der Waals surface area (Å²) in [6.45, 7) is 35.0. The summed E-state index contributed by atoms with van der Waals surface area (Å²) in [6.07, 6.45) is 18.6. The minimum atomic E-state index is 0.111. The first-order chi connectivity index (χ1) is 21.6. The van der Waals surface area contributed by atoms with Crippen LogP contribution in [-0.2, 0) is 0 Å². The standard InChI is InChI=1S/C29H60N6.C8H16.C4H10/c1-22(2)35(24-19-28(7,8)33-29(9,10)20-24)16-14-12-11-13-15-34(21-25(30)31)23-17-26(3,4)32-27(5,6)18-23;1-2-8-6-4-3-5-7-8;1-4(2)3/h22-24,32-33H,11-21H2,1-10H3,(H3,30,31);8H,2-7H2,1H3;4H,1-3H3. The van der Waals surface area contributed by atoms with Crippen molar-refractivity contribution in [3.8, 4) is 0 Å². The predicted octanol–water partition coefficient (Wildman–Crippen LogP) is 9.75. The number of amidine groups is 1. The molecule has 0 unspecified atom stereocenters. The predicted molar refractivity (Wildman–Crippen MR) is 210 cm³/mol. The number of rotatable bonds is 13. The van der Waals surface area contributed by atoms with Crippen molar-refractivity contribution >= 4 is 5.84 Å². The third-order valence-electron chi connectivity index (χ3n) is 10.3. The van der Waals surface area contributed by atoms with E-state index in [1.165, 1.54) is 83.6 Å².